The summed E-state index contributed by atoms with van der Waals surface area (Å²) < 4.78 is 26.7. The molecule has 2 N–H and O–H groups in total. The molecule has 1 aliphatic heterocycles. The van der Waals surface area contributed by atoms with Gasteiger partial charge in [-0.1, -0.05) is 31.9 Å². The van der Waals surface area contributed by atoms with Gasteiger partial charge in [-0.05, 0) is 43.0 Å². The monoisotopic (exact) mass is 416 g/mol. The van der Waals surface area contributed by atoms with E-state index in [1.54, 1.807) is 6.92 Å². The number of carboxylic acids is 1. The number of sulfonamides is 1. The molecule has 9 heteroatoms. The maximum atomic E-state index is 12.7. The Morgan fingerprint density at radius 1 is 1.26 bits per heavy atom. The summed E-state index contributed by atoms with van der Waals surface area (Å²) in [6.07, 6.45) is 1.34. The Bertz CT molecular complexity index is 773. The number of piperidine rings is 1. The van der Waals surface area contributed by atoms with Gasteiger partial charge in [0.15, 0.2) is 0 Å². The third-order valence-electron chi connectivity index (χ3n) is 5.05. The molecule has 150 valence electrons. The highest BCUT2D eigenvalue weighted by atomic mass is 35.5. The van der Waals surface area contributed by atoms with Crippen LogP contribution in [0.3, 0.4) is 0 Å². The van der Waals surface area contributed by atoms with Crippen LogP contribution in [-0.4, -0.2) is 48.8 Å². The number of halogens is 1. The first kappa shape index (κ1) is 21.7. The molecule has 1 fully saturated rings. The van der Waals surface area contributed by atoms with Gasteiger partial charge in [-0.25, -0.2) is 13.2 Å². The molecule has 1 unspecified atom stereocenters. The van der Waals surface area contributed by atoms with E-state index in [1.165, 1.54) is 28.6 Å². The Labute approximate surface area is 164 Å². The van der Waals surface area contributed by atoms with Crippen LogP contribution in [-0.2, 0) is 19.6 Å². The van der Waals surface area contributed by atoms with E-state index in [1.807, 2.05) is 6.92 Å². The summed E-state index contributed by atoms with van der Waals surface area (Å²) in [5.41, 5.74) is 0. The predicted molar refractivity (Wildman–Crippen MR) is 102 cm³/mol. The first-order valence-corrected chi connectivity index (χ1v) is 10.8. The van der Waals surface area contributed by atoms with Gasteiger partial charge in [0, 0.05) is 24.0 Å². The predicted octanol–water partition coefficient (Wildman–Crippen LogP) is 2.36. The number of benzene rings is 1. The highest BCUT2D eigenvalue weighted by Gasteiger charge is 2.34. The lowest BCUT2D eigenvalue weighted by Crippen LogP contribution is -2.49. The summed E-state index contributed by atoms with van der Waals surface area (Å²) in [7, 11) is -3.63. The molecule has 1 saturated heterocycles. The van der Waals surface area contributed by atoms with Gasteiger partial charge in [0.1, 0.15) is 6.04 Å². The molecule has 0 bridgehead atoms. The van der Waals surface area contributed by atoms with Crippen molar-refractivity contribution in [2.45, 2.75) is 44.0 Å². The maximum absolute atomic E-state index is 12.7. The van der Waals surface area contributed by atoms with Crippen molar-refractivity contribution < 1.29 is 23.1 Å². The molecule has 0 radical (unpaired) electrons. The Morgan fingerprint density at radius 2 is 1.81 bits per heavy atom. The van der Waals surface area contributed by atoms with Gasteiger partial charge in [0.25, 0.3) is 0 Å². The lowest BCUT2D eigenvalue weighted by molar-refractivity contribution is -0.144. The fraction of sp³-hybridized carbons (Fsp3) is 0.556. The zero-order valence-electron chi connectivity index (χ0n) is 15.4. The van der Waals surface area contributed by atoms with Gasteiger partial charge in [-0.2, -0.15) is 4.31 Å². The average Bonchev–Trinajstić information content (AvgIpc) is 2.65. The Hall–Kier alpha value is -1.64. The van der Waals surface area contributed by atoms with Crippen molar-refractivity contribution in [1.82, 2.24) is 9.62 Å². The second kappa shape index (κ2) is 9.03. The number of hydrogen-bond acceptors (Lipinski definition) is 4. The van der Waals surface area contributed by atoms with Gasteiger partial charge in [-0.3, -0.25) is 4.79 Å². The SMILES string of the molecule is CCC(C)[C@@H](NC(=O)C1CCN(S(=O)(=O)c2ccc(Cl)cc2)CC1)C(=O)O. The van der Waals surface area contributed by atoms with Crippen molar-refractivity contribution >= 4 is 33.5 Å². The van der Waals surface area contributed by atoms with E-state index in [0.29, 0.717) is 24.3 Å². The number of rotatable bonds is 7. The van der Waals surface area contributed by atoms with E-state index < -0.39 is 28.0 Å². The largest absolute Gasteiger partial charge is 0.480 e. The third-order valence-corrected chi connectivity index (χ3v) is 7.22. The van der Waals surface area contributed by atoms with Crippen LogP contribution < -0.4 is 5.32 Å². The number of carbonyl (C=O) groups is 2. The Morgan fingerprint density at radius 3 is 2.30 bits per heavy atom. The molecule has 27 heavy (non-hydrogen) atoms. The van der Waals surface area contributed by atoms with Gasteiger partial charge >= 0.3 is 5.97 Å². The van der Waals surface area contributed by atoms with Crippen LogP contribution in [0.4, 0.5) is 0 Å². The summed E-state index contributed by atoms with van der Waals surface area (Å²) in [6.45, 7) is 4.07. The van der Waals surface area contributed by atoms with Crippen molar-refractivity contribution in [1.29, 1.82) is 0 Å². The molecule has 0 aromatic heterocycles. The normalized spacial score (nSPS) is 18.6. The standard InChI is InChI=1S/C18H25ClN2O5S/c1-3-12(2)16(18(23)24)20-17(22)13-8-10-21(11-9-13)27(25,26)15-6-4-14(19)5-7-15/h4-7,12-13,16H,3,8-11H2,1-2H3,(H,20,22)(H,23,24)/t12?,16-/m1/s1. The van der Waals surface area contributed by atoms with Gasteiger partial charge in [0.2, 0.25) is 15.9 Å². The molecule has 0 saturated carbocycles. The van der Waals surface area contributed by atoms with E-state index in [4.69, 9.17) is 11.6 Å². The van der Waals surface area contributed by atoms with Crippen LogP contribution in [0.15, 0.2) is 29.2 Å². The zero-order valence-corrected chi connectivity index (χ0v) is 17.0. The molecule has 1 amide bonds. The molecular weight excluding hydrogens is 392 g/mol. The lowest BCUT2D eigenvalue weighted by atomic mass is 9.94. The quantitative estimate of drug-likeness (QED) is 0.710. The topological polar surface area (TPSA) is 104 Å². The van der Waals surface area contributed by atoms with Crippen LogP contribution in [0, 0.1) is 11.8 Å². The van der Waals surface area contributed by atoms with Crippen molar-refractivity contribution in [3.05, 3.63) is 29.3 Å². The van der Waals surface area contributed by atoms with Gasteiger partial charge in [-0.15, -0.1) is 0 Å². The lowest BCUT2D eigenvalue weighted by Gasteiger charge is -2.31. The van der Waals surface area contributed by atoms with Gasteiger partial charge < -0.3 is 10.4 Å². The minimum atomic E-state index is -3.63. The van der Waals surface area contributed by atoms with E-state index in [-0.39, 0.29) is 29.8 Å². The number of nitrogens with one attached hydrogen (secondary N) is 1. The fourth-order valence-corrected chi connectivity index (χ4v) is 4.66. The maximum Gasteiger partial charge on any atom is 0.326 e. The molecule has 1 heterocycles. The number of carboxylic acid groups (broad SMARTS) is 1. The fourth-order valence-electron chi connectivity index (χ4n) is 3.07. The molecule has 2 rings (SSSR count). The number of aliphatic carboxylic acids is 1. The molecule has 7 nitrogen and oxygen atoms in total. The first-order chi connectivity index (χ1) is 12.7. The van der Waals surface area contributed by atoms with Crippen LogP contribution >= 0.6 is 11.6 Å². The highest BCUT2D eigenvalue weighted by molar-refractivity contribution is 7.89. The van der Waals surface area contributed by atoms with E-state index in [2.05, 4.69) is 5.32 Å². The van der Waals surface area contributed by atoms with Crippen LogP contribution in [0.1, 0.15) is 33.1 Å². The number of hydrogen-bond donors (Lipinski definition) is 2. The van der Waals surface area contributed by atoms with E-state index in [9.17, 15) is 23.1 Å². The molecule has 1 aliphatic rings. The Balaban J connectivity index is 1.99. The van der Waals surface area contributed by atoms with E-state index in [0.717, 1.165) is 0 Å². The second-order valence-electron chi connectivity index (χ2n) is 6.84. The zero-order chi connectivity index (χ0) is 20.2. The minimum absolute atomic E-state index is 0.164. The van der Waals surface area contributed by atoms with Crippen molar-refractivity contribution in [3.63, 3.8) is 0 Å². The average molecular weight is 417 g/mol. The van der Waals surface area contributed by atoms with Crippen LogP contribution in [0.2, 0.25) is 5.02 Å². The molecule has 2 atom stereocenters. The highest BCUT2D eigenvalue weighted by Crippen LogP contribution is 2.25. The summed E-state index contributed by atoms with van der Waals surface area (Å²) in [6, 6.07) is 5.03. The molecular formula is C18H25ClN2O5S. The Kier molecular flexibility index (Phi) is 7.25. The first-order valence-electron chi connectivity index (χ1n) is 8.95. The van der Waals surface area contributed by atoms with Crippen LogP contribution in [0.25, 0.3) is 0 Å². The minimum Gasteiger partial charge on any atom is -0.480 e. The van der Waals surface area contributed by atoms with Crippen molar-refractivity contribution in [2.24, 2.45) is 11.8 Å². The number of carbonyl (C=O) groups excluding carboxylic acids is 1. The molecule has 1 aromatic rings. The molecule has 1 aromatic carbocycles. The summed E-state index contributed by atoms with van der Waals surface area (Å²) in [5.74, 6) is -1.96. The molecule has 0 spiro atoms. The number of nitrogens with zero attached hydrogens (tertiary/aromatic N) is 1. The molecule has 0 aliphatic carbocycles. The third kappa shape index (κ3) is 5.21. The van der Waals surface area contributed by atoms with Crippen LogP contribution in [0.5, 0.6) is 0 Å². The summed E-state index contributed by atoms with van der Waals surface area (Å²) >= 11 is 5.80. The van der Waals surface area contributed by atoms with E-state index >= 15 is 0 Å². The smallest absolute Gasteiger partial charge is 0.326 e. The number of amides is 1. The second-order valence-corrected chi connectivity index (χ2v) is 9.22. The van der Waals surface area contributed by atoms with Crippen molar-refractivity contribution in [3.8, 4) is 0 Å². The van der Waals surface area contributed by atoms with Crippen molar-refractivity contribution in [2.75, 3.05) is 13.1 Å². The van der Waals surface area contributed by atoms with Gasteiger partial charge in [0.05, 0.1) is 4.90 Å². The summed E-state index contributed by atoms with van der Waals surface area (Å²) in [4.78, 5) is 24.0. The summed E-state index contributed by atoms with van der Waals surface area (Å²) in [5, 5.41) is 12.4.